The standard InChI is InChI=1S/C15H15BrFN/c1-11(9-12-5-3-2-4-6-12)18-15-8-7-13(17)10-14(15)16/h2-8,10-11,18H,9H2,1H3. The number of nitrogens with one attached hydrogen (secondary N) is 1. The summed E-state index contributed by atoms with van der Waals surface area (Å²) in [6.45, 7) is 2.11. The first-order valence-electron chi connectivity index (χ1n) is 5.90. The highest BCUT2D eigenvalue weighted by molar-refractivity contribution is 9.10. The number of benzene rings is 2. The highest BCUT2D eigenvalue weighted by Crippen LogP contribution is 2.24. The highest BCUT2D eigenvalue weighted by Gasteiger charge is 2.06. The van der Waals surface area contributed by atoms with E-state index in [9.17, 15) is 4.39 Å². The van der Waals surface area contributed by atoms with Crippen LogP contribution in [0.4, 0.5) is 10.1 Å². The number of hydrogen-bond donors (Lipinski definition) is 1. The van der Waals surface area contributed by atoms with Crippen LogP contribution in [0.1, 0.15) is 12.5 Å². The maximum atomic E-state index is 13.0. The number of anilines is 1. The van der Waals surface area contributed by atoms with E-state index < -0.39 is 0 Å². The summed E-state index contributed by atoms with van der Waals surface area (Å²) in [5, 5.41) is 3.37. The van der Waals surface area contributed by atoms with Gasteiger partial charge >= 0.3 is 0 Å². The van der Waals surface area contributed by atoms with E-state index in [1.54, 1.807) is 6.07 Å². The molecule has 0 aliphatic rings. The van der Waals surface area contributed by atoms with Gasteiger partial charge in [0.15, 0.2) is 0 Å². The van der Waals surface area contributed by atoms with E-state index in [0.29, 0.717) is 0 Å². The molecule has 0 spiro atoms. The molecule has 0 aliphatic carbocycles. The molecule has 18 heavy (non-hydrogen) atoms. The van der Waals surface area contributed by atoms with Crippen molar-refractivity contribution in [3.05, 3.63) is 64.4 Å². The Morgan fingerprint density at radius 3 is 2.56 bits per heavy atom. The molecule has 0 aromatic heterocycles. The van der Waals surface area contributed by atoms with Crippen LogP contribution >= 0.6 is 15.9 Å². The van der Waals surface area contributed by atoms with E-state index in [0.717, 1.165) is 16.6 Å². The van der Waals surface area contributed by atoms with Crippen LogP contribution in [0.2, 0.25) is 0 Å². The Kier molecular flexibility index (Phi) is 4.37. The molecule has 2 aromatic carbocycles. The fourth-order valence-electron chi connectivity index (χ4n) is 1.89. The molecule has 0 fully saturated rings. The average molecular weight is 308 g/mol. The molecule has 0 bridgehead atoms. The van der Waals surface area contributed by atoms with Crippen molar-refractivity contribution in [2.75, 3.05) is 5.32 Å². The predicted molar refractivity (Wildman–Crippen MR) is 77.3 cm³/mol. The van der Waals surface area contributed by atoms with Crippen molar-refractivity contribution in [1.82, 2.24) is 0 Å². The Morgan fingerprint density at radius 2 is 1.89 bits per heavy atom. The summed E-state index contributed by atoms with van der Waals surface area (Å²) in [6.07, 6.45) is 0.935. The molecule has 1 unspecified atom stereocenters. The maximum absolute atomic E-state index is 13.0. The van der Waals surface area contributed by atoms with Gasteiger partial charge in [0.1, 0.15) is 5.82 Å². The van der Waals surface area contributed by atoms with Gasteiger partial charge in [-0.2, -0.15) is 0 Å². The van der Waals surface area contributed by atoms with Crippen LogP contribution in [0.15, 0.2) is 53.0 Å². The third-order valence-corrected chi connectivity index (χ3v) is 3.37. The summed E-state index contributed by atoms with van der Waals surface area (Å²) in [5.74, 6) is -0.233. The third kappa shape index (κ3) is 3.57. The average Bonchev–Trinajstić information content (AvgIpc) is 2.34. The van der Waals surface area contributed by atoms with Crippen LogP contribution in [0.25, 0.3) is 0 Å². The van der Waals surface area contributed by atoms with Gasteiger partial charge in [-0.15, -0.1) is 0 Å². The molecule has 2 aromatic rings. The topological polar surface area (TPSA) is 12.0 Å². The molecule has 0 radical (unpaired) electrons. The lowest BCUT2D eigenvalue weighted by atomic mass is 10.1. The summed E-state index contributed by atoms with van der Waals surface area (Å²) in [6, 6.07) is 15.3. The van der Waals surface area contributed by atoms with Crippen molar-refractivity contribution in [3.8, 4) is 0 Å². The maximum Gasteiger partial charge on any atom is 0.124 e. The smallest absolute Gasteiger partial charge is 0.124 e. The van der Waals surface area contributed by atoms with Gasteiger partial charge < -0.3 is 5.32 Å². The van der Waals surface area contributed by atoms with Gasteiger partial charge in [-0.25, -0.2) is 4.39 Å². The minimum absolute atomic E-state index is 0.233. The largest absolute Gasteiger partial charge is 0.381 e. The van der Waals surface area contributed by atoms with Crippen LogP contribution in [0, 0.1) is 5.82 Å². The normalized spacial score (nSPS) is 12.2. The molecule has 1 atom stereocenters. The van der Waals surface area contributed by atoms with Gasteiger partial charge in [0.25, 0.3) is 0 Å². The molecule has 0 saturated heterocycles. The lowest BCUT2D eigenvalue weighted by Crippen LogP contribution is -2.18. The number of hydrogen-bond acceptors (Lipinski definition) is 1. The molecule has 1 N–H and O–H groups in total. The fraction of sp³-hybridized carbons (Fsp3) is 0.200. The SMILES string of the molecule is CC(Cc1ccccc1)Nc1ccc(F)cc1Br. The predicted octanol–water partition coefficient (Wildman–Crippen LogP) is 4.63. The Balaban J connectivity index is 2.01. The molecule has 0 saturated carbocycles. The minimum Gasteiger partial charge on any atom is -0.381 e. The summed E-state index contributed by atoms with van der Waals surface area (Å²) in [4.78, 5) is 0. The molecular formula is C15H15BrFN. The Hall–Kier alpha value is -1.35. The lowest BCUT2D eigenvalue weighted by molar-refractivity contribution is 0.627. The van der Waals surface area contributed by atoms with Crippen molar-refractivity contribution >= 4 is 21.6 Å². The van der Waals surface area contributed by atoms with E-state index in [1.165, 1.54) is 17.7 Å². The Morgan fingerprint density at radius 1 is 1.17 bits per heavy atom. The van der Waals surface area contributed by atoms with Crippen molar-refractivity contribution in [3.63, 3.8) is 0 Å². The van der Waals surface area contributed by atoms with Crippen LogP contribution in [0.3, 0.4) is 0 Å². The molecule has 3 heteroatoms. The van der Waals surface area contributed by atoms with Crippen molar-refractivity contribution in [1.29, 1.82) is 0 Å². The molecule has 94 valence electrons. The van der Waals surface area contributed by atoms with Gasteiger partial charge in [-0.1, -0.05) is 30.3 Å². The van der Waals surface area contributed by atoms with Gasteiger partial charge in [0, 0.05) is 16.2 Å². The minimum atomic E-state index is -0.233. The Labute approximate surface area is 115 Å². The zero-order chi connectivity index (χ0) is 13.0. The first-order valence-corrected chi connectivity index (χ1v) is 6.70. The second-order valence-corrected chi connectivity index (χ2v) is 5.21. The Bertz CT molecular complexity index is 513. The van der Waals surface area contributed by atoms with Gasteiger partial charge in [0.2, 0.25) is 0 Å². The quantitative estimate of drug-likeness (QED) is 0.868. The van der Waals surface area contributed by atoms with Gasteiger partial charge in [-0.3, -0.25) is 0 Å². The number of halogens is 2. The van der Waals surface area contributed by atoms with E-state index in [1.807, 2.05) is 18.2 Å². The summed E-state index contributed by atoms with van der Waals surface area (Å²) in [7, 11) is 0. The summed E-state index contributed by atoms with van der Waals surface area (Å²) < 4.78 is 13.7. The van der Waals surface area contributed by atoms with E-state index in [4.69, 9.17) is 0 Å². The molecule has 1 nitrogen and oxygen atoms in total. The van der Waals surface area contributed by atoms with E-state index >= 15 is 0 Å². The third-order valence-electron chi connectivity index (χ3n) is 2.72. The van der Waals surface area contributed by atoms with Gasteiger partial charge in [-0.05, 0) is 53.0 Å². The molecule has 0 heterocycles. The van der Waals surface area contributed by atoms with E-state index in [2.05, 4.69) is 40.3 Å². The van der Waals surface area contributed by atoms with Crippen molar-refractivity contribution in [2.24, 2.45) is 0 Å². The fourth-order valence-corrected chi connectivity index (χ4v) is 2.36. The lowest BCUT2D eigenvalue weighted by Gasteiger charge is -2.16. The van der Waals surface area contributed by atoms with Gasteiger partial charge in [0.05, 0.1) is 0 Å². The van der Waals surface area contributed by atoms with E-state index in [-0.39, 0.29) is 11.9 Å². The molecular weight excluding hydrogens is 293 g/mol. The van der Waals surface area contributed by atoms with Crippen molar-refractivity contribution < 1.29 is 4.39 Å². The van der Waals surface area contributed by atoms with Crippen LogP contribution in [-0.2, 0) is 6.42 Å². The van der Waals surface area contributed by atoms with Crippen LogP contribution in [-0.4, -0.2) is 6.04 Å². The zero-order valence-electron chi connectivity index (χ0n) is 10.2. The monoisotopic (exact) mass is 307 g/mol. The highest BCUT2D eigenvalue weighted by atomic mass is 79.9. The van der Waals surface area contributed by atoms with Crippen LogP contribution < -0.4 is 5.32 Å². The molecule has 0 aliphatic heterocycles. The summed E-state index contributed by atoms with van der Waals surface area (Å²) >= 11 is 3.36. The number of rotatable bonds is 4. The molecule has 2 rings (SSSR count). The molecule has 0 amide bonds. The zero-order valence-corrected chi connectivity index (χ0v) is 11.7. The summed E-state index contributed by atoms with van der Waals surface area (Å²) in [5.41, 5.74) is 2.20. The van der Waals surface area contributed by atoms with Crippen molar-refractivity contribution in [2.45, 2.75) is 19.4 Å². The second-order valence-electron chi connectivity index (χ2n) is 4.36. The first kappa shape index (κ1) is 13.1. The second kappa shape index (κ2) is 6.01. The first-order chi connectivity index (χ1) is 8.65. The van der Waals surface area contributed by atoms with Crippen LogP contribution in [0.5, 0.6) is 0 Å².